The number of hydrogen-bond donors (Lipinski definition) is 1. The monoisotopic (exact) mass is 283 g/mol. The molecule has 110 valence electrons. The Bertz CT molecular complexity index is 542. The Morgan fingerprint density at radius 2 is 1.67 bits per heavy atom. The minimum absolute atomic E-state index is 0.266. The molecule has 0 fully saturated rings. The van der Waals surface area contributed by atoms with Gasteiger partial charge < -0.3 is 9.94 Å². The van der Waals surface area contributed by atoms with E-state index in [1.807, 2.05) is 60.7 Å². The molecule has 1 N–H and O–H groups in total. The van der Waals surface area contributed by atoms with Crippen LogP contribution < -0.4 is 0 Å². The van der Waals surface area contributed by atoms with Crippen LogP contribution in [0.2, 0.25) is 0 Å². The van der Waals surface area contributed by atoms with Crippen molar-refractivity contribution in [2.24, 2.45) is 0 Å². The zero-order valence-corrected chi connectivity index (χ0v) is 12.2. The van der Waals surface area contributed by atoms with E-state index < -0.39 is 0 Å². The molecule has 0 radical (unpaired) electrons. The predicted molar refractivity (Wildman–Crippen MR) is 83.9 cm³/mol. The van der Waals surface area contributed by atoms with Gasteiger partial charge in [0.15, 0.2) is 0 Å². The third-order valence-electron chi connectivity index (χ3n) is 3.47. The van der Waals surface area contributed by atoms with E-state index >= 15 is 0 Å². The summed E-state index contributed by atoms with van der Waals surface area (Å²) >= 11 is 0. The van der Waals surface area contributed by atoms with Gasteiger partial charge in [-0.1, -0.05) is 66.7 Å². The van der Waals surface area contributed by atoms with Gasteiger partial charge in [-0.25, -0.2) is 0 Å². The molecule has 0 aliphatic heterocycles. The maximum absolute atomic E-state index is 10.4. The topological polar surface area (TPSA) is 32.7 Å². The Balaban J connectivity index is 2.15. The fourth-order valence-corrected chi connectivity index (χ4v) is 2.39. The lowest BCUT2D eigenvalue weighted by molar-refractivity contribution is -0.154. The van der Waals surface area contributed by atoms with E-state index in [0.29, 0.717) is 6.54 Å². The minimum atomic E-state index is -0.322. The number of ether oxygens (including phenoxy) is 1. The zero-order valence-electron chi connectivity index (χ0n) is 12.2. The second kappa shape index (κ2) is 7.74. The smallest absolute Gasteiger partial charge is 0.103 e. The summed E-state index contributed by atoms with van der Waals surface area (Å²) in [5, 5.41) is 11.7. The molecule has 0 aliphatic rings. The van der Waals surface area contributed by atoms with Crippen LogP contribution in [0.3, 0.4) is 0 Å². The van der Waals surface area contributed by atoms with Gasteiger partial charge in [0, 0.05) is 13.7 Å². The molecule has 0 heterocycles. The van der Waals surface area contributed by atoms with Gasteiger partial charge in [-0.05, 0) is 11.1 Å². The lowest BCUT2D eigenvalue weighted by Gasteiger charge is -2.30. The average molecular weight is 283 g/mol. The SMILES string of the molecule is C=C[C@@H]([C@@H](OC)c1ccccc1)N(O)Cc1ccccc1. The first-order chi connectivity index (χ1) is 10.3. The molecule has 2 aromatic rings. The molecule has 2 rings (SSSR count). The van der Waals surface area contributed by atoms with Crippen molar-refractivity contribution in [1.29, 1.82) is 0 Å². The van der Waals surface area contributed by atoms with Gasteiger partial charge in [-0.3, -0.25) is 0 Å². The van der Waals surface area contributed by atoms with Crippen LogP contribution in [0.5, 0.6) is 0 Å². The highest BCUT2D eigenvalue weighted by Gasteiger charge is 2.25. The van der Waals surface area contributed by atoms with Crippen LogP contribution in [-0.2, 0) is 11.3 Å². The lowest BCUT2D eigenvalue weighted by Crippen LogP contribution is -2.36. The summed E-state index contributed by atoms with van der Waals surface area (Å²) in [6.45, 7) is 4.26. The van der Waals surface area contributed by atoms with Gasteiger partial charge in [0.05, 0.1) is 6.04 Å². The van der Waals surface area contributed by atoms with Crippen molar-refractivity contribution in [1.82, 2.24) is 5.06 Å². The summed E-state index contributed by atoms with van der Waals surface area (Å²) in [5.41, 5.74) is 2.05. The molecular weight excluding hydrogens is 262 g/mol. The summed E-state index contributed by atoms with van der Waals surface area (Å²) < 4.78 is 5.58. The van der Waals surface area contributed by atoms with Crippen LogP contribution >= 0.6 is 0 Å². The molecule has 0 bridgehead atoms. The highest BCUT2D eigenvalue weighted by Crippen LogP contribution is 2.25. The molecular formula is C18H21NO2. The highest BCUT2D eigenvalue weighted by atomic mass is 16.5. The van der Waals surface area contributed by atoms with Crippen molar-refractivity contribution in [3.05, 3.63) is 84.4 Å². The molecule has 0 unspecified atom stereocenters. The third kappa shape index (κ3) is 4.02. The normalized spacial score (nSPS) is 13.9. The molecule has 0 aromatic heterocycles. The van der Waals surface area contributed by atoms with Crippen molar-refractivity contribution in [2.45, 2.75) is 18.7 Å². The maximum atomic E-state index is 10.4. The number of nitrogens with zero attached hydrogens (tertiary/aromatic N) is 1. The number of hydrogen-bond acceptors (Lipinski definition) is 3. The molecule has 0 amide bonds. The number of benzene rings is 2. The Morgan fingerprint density at radius 1 is 1.10 bits per heavy atom. The Labute approximate surface area is 126 Å². The van der Waals surface area contributed by atoms with E-state index in [0.717, 1.165) is 11.1 Å². The second-order valence-electron chi connectivity index (χ2n) is 4.88. The average Bonchev–Trinajstić information content (AvgIpc) is 2.54. The van der Waals surface area contributed by atoms with E-state index in [9.17, 15) is 5.21 Å². The van der Waals surface area contributed by atoms with Crippen molar-refractivity contribution in [2.75, 3.05) is 7.11 Å². The zero-order chi connectivity index (χ0) is 15.1. The van der Waals surface area contributed by atoms with Gasteiger partial charge >= 0.3 is 0 Å². The standard InChI is InChI=1S/C18H21NO2/c1-3-17(18(21-2)16-12-8-5-9-13-16)19(20)14-15-10-6-4-7-11-15/h3-13,17-18,20H,1,14H2,2H3/t17-,18-/m0/s1. The van der Waals surface area contributed by atoms with Crippen LogP contribution in [0.15, 0.2) is 73.3 Å². The van der Waals surface area contributed by atoms with Gasteiger partial charge in [-0.2, -0.15) is 5.06 Å². The van der Waals surface area contributed by atoms with Crippen molar-refractivity contribution in [3.63, 3.8) is 0 Å². The number of methoxy groups -OCH3 is 1. The summed E-state index contributed by atoms with van der Waals surface area (Å²) in [6, 6.07) is 19.4. The lowest BCUT2D eigenvalue weighted by atomic mass is 10.0. The fourth-order valence-electron chi connectivity index (χ4n) is 2.39. The molecule has 0 saturated heterocycles. The third-order valence-corrected chi connectivity index (χ3v) is 3.47. The Hall–Kier alpha value is -1.94. The largest absolute Gasteiger partial charge is 0.375 e. The van der Waals surface area contributed by atoms with Crippen LogP contribution in [0, 0.1) is 0 Å². The highest BCUT2D eigenvalue weighted by molar-refractivity contribution is 5.21. The summed E-state index contributed by atoms with van der Waals surface area (Å²) in [4.78, 5) is 0. The van der Waals surface area contributed by atoms with Crippen LogP contribution in [0.4, 0.5) is 0 Å². The minimum Gasteiger partial charge on any atom is -0.375 e. The van der Waals surface area contributed by atoms with Gasteiger partial charge in [-0.15, -0.1) is 6.58 Å². The van der Waals surface area contributed by atoms with Crippen molar-refractivity contribution in [3.8, 4) is 0 Å². The summed E-state index contributed by atoms with van der Waals surface area (Å²) in [7, 11) is 1.64. The van der Waals surface area contributed by atoms with Gasteiger partial charge in [0.25, 0.3) is 0 Å². The number of rotatable bonds is 7. The molecule has 3 heteroatoms. The van der Waals surface area contributed by atoms with E-state index in [1.54, 1.807) is 13.2 Å². The van der Waals surface area contributed by atoms with Crippen molar-refractivity contribution >= 4 is 0 Å². The van der Waals surface area contributed by atoms with Crippen LogP contribution in [0.25, 0.3) is 0 Å². The van der Waals surface area contributed by atoms with Gasteiger partial charge in [0.2, 0.25) is 0 Å². The molecule has 0 saturated carbocycles. The second-order valence-corrected chi connectivity index (χ2v) is 4.88. The van der Waals surface area contributed by atoms with Crippen LogP contribution in [0.1, 0.15) is 17.2 Å². The fraction of sp³-hybridized carbons (Fsp3) is 0.222. The maximum Gasteiger partial charge on any atom is 0.103 e. The summed E-state index contributed by atoms with van der Waals surface area (Å²) in [6.07, 6.45) is 1.45. The Kier molecular flexibility index (Phi) is 5.69. The predicted octanol–water partition coefficient (Wildman–Crippen LogP) is 3.82. The summed E-state index contributed by atoms with van der Waals surface area (Å²) in [5.74, 6) is 0. The first kappa shape index (κ1) is 15.4. The molecule has 0 spiro atoms. The van der Waals surface area contributed by atoms with E-state index in [-0.39, 0.29) is 12.1 Å². The molecule has 21 heavy (non-hydrogen) atoms. The van der Waals surface area contributed by atoms with E-state index in [1.165, 1.54) is 5.06 Å². The van der Waals surface area contributed by atoms with Crippen molar-refractivity contribution < 1.29 is 9.94 Å². The van der Waals surface area contributed by atoms with E-state index in [2.05, 4.69) is 6.58 Å². The first-order valence-corrected chi connectivity index (χ1v) is 6.96. The van der Waals surface area contributed by atoms with Crippen LogP contribution in [-0.4, -0.2) is 23.4 Å². The molecule has 2 atom stereocenters. The van der Waals surface area contributed by atoms with E-state index in [4.69, 9.17) is 4.74 Å². The molecule has 3 nitrogen and oxygen atoms in total. The molecule has 2 aromatic carbocycles. The first-order valence-electron chi connectivity index (χ1n) is 6.96. The number of hydroxylamine groups is 2. The van der Waals surface area contributed by atoms with Gasteiger partial charge in [0.1, 0.15) is 6.10 Å². The quantitative estimate of drug-likeness (QED) is 0.619. The Morgan fingerprint density at radius 3 is 2.19 bits per heavy atom. The molecule has 0 aliphatic carbocycles.